The number of amides is 1. The molecule has 0 aromatic heterocycles. The highest BCUT2D eigenvalue weighted by atomic mass is 16.6. The van der Waals surface area contributed by atoms with Gasteiger partial charge in [0.25, 0.3) is 0 Å². The van der Waals surface area contributed by atoms with E-state index in [1.165, 1.54) is 7.11 Å². The standard InChI is InChI=1S/C10H19NO4/c1-7(6-8(12)14-5)11-9(13)15-10(2,3)4/h7H,6H2,1-5H3,(H,11,13). The number of ether oxygens (including phenoxy) is 2. The van der Waals surface area contributed by atoms with Crippen LogP contribution < -0.4 is 5.32 Å². The number of methoxy groups -OCH3 is 1. The van der Waals surface area contributed by atoms with E-state index in [1.54, 1.807) is 27.7 Å². The molecule has 1 atom stereocenters. The molecule has 0 rings (SSSR count). The van der Waals surface area contributed by atoms with Gasteiger partial charge in [0.1, 0.15) is 5.60 Å². The number of nitrogens with one attached hydrogen (secondary N) is 1. The van der Waals surface area contributed by atoms with Crippen molar-refractivity contribution in [2.24, 2.45) is 0 Å². The lowest BCUT2D eigenvalue weighted by Crippen LogP contribution is -2.38. The van der Waals surface area contributed by atoms with Crippen molar-refractivity contribution in [2.45, 2.75) is 45.8 Å². The molecule has 0 aromatic carbocycles. The van der Waals surface area contributed by atoms with Crippen LogP contribution in [0.15, 0.2) is 0 Å². The molecule has 1 amide bonds. The van der Waals surface area contributed by atoms with E-state index in [2.05, 4.69) is 10.1 Å². The van der Waals surface area contributed by atoms with Crippen LogP contribution in [-0.4, -0.2) is 30.8 Å². The molecule has 1 N–H and O–H groups in total. The fourth-order valence-corrected chi connectivity index (χ4v) is 0.893. The largest absolute Gasteiger partial charge is 0.469 e. The molecule has 0 aliphatic heterocycles. The van der Waals surface area contributed by atoms with Crippen LogP contribution in [0.3, 0.4) is 0 Å². The third-order valence-electron chi connectivity index (χ3n) is 1.46. The van der Waals surface area contributed by atoms with Gasteiger partial charge < -0.3 is 14.8 Å². The van der Waals surface area contributed by atoms with E-state index < -0.39 is 11.7 Å². The third kappa shape index (κ3) is 7.78. The minimum absolute atomic E-state index is 0.135. The molecule has 0 saturated heterocycles. The third-order valence-corrected chi connectivity index (χ3v) is 1.46. The molecule has 0 radical (unpaired) electrons. The molecule has 0 aromatic rings. The second-order valence-electron chi connectivity index (χ2n) is 4.33. The Morgan fingerprint density at radius 1 is 1.33 bits per heavy atom. The maximum atomic E-state index is 11.3. The van der Waals surface area contributed by atoms with E-state index in [0.29, 0.717) is 0 Å². The maximum Gasteiger partial charge on any atom is 0.407 e. The van der Waals surface area contributed by atoms with Crippen molar-refractivity contribution >= 4 is 12.1 Å². The molecule has 1 unspecified atom stereocenters. The summed E-state index contributed by atoms with van der Waals surface area (Å²) in [5, 5.41) is 2.54. The van der Waals surface area contributed by atoms with Crippen LogP contribution in [0.5, 0.6) is 0 Å². The number of alkyl carbamates (subject to hydrolysis) is 1. The van der Waals surface area contributed by atoms with Gasteiger partial charge in [0.2, 0.25) is 0 Å². The second-order valence-corrected chi connectivity index (χ2v) is 4.33. The monoisotopic (exact) mass is 217 g/mol. The Morgan fingerprint density at radius 2 is 1.87 bits per heavy atom. The van der Waals surface area contributed by atoms with Gasteiger partial charge in [-0.05, 0) is 27.7 Å². The van der Waals surface area contributed by atoms with Gasteiger partial charge in [-0.25, -0.2) is 4.79 Å². The molecule has 0 bridgehead atoms. The van der Waals surface area contributed by atoms with Crippen molar-refractivity contribution in [1.82, 2.24) is 5.32 Å². The van der Waals surface area contributed by atoms with E-state index >= 15 is 0 Å². The minimum atomic E-state index is -0.533. The van der Waals surface area contributed by atoms with Gasteiger partial charge in [0, 0.05) is 6.04 Å². The summed E-state index contributed by atoms with van der Waals surface area (Å²) < 4.78 is 9.49. The Morgan fingerprint density at radius 3 is 2.27 bits per heavy atom. The van der Waals surface area contributed by atoms with Crippen molar-refractivity contribution in [3.63, 3.8) is 0 Å². The van der Waals surface area contributed by atoms with Crippen LogP contribution >= 0.6 is 0 Å². The number of carbonyl (C=O) groups is 2. The fourth-order valence-electron chi connectivity index (χ4n) is 0.893. The Kier molecular flexibility index (Phi) is 5.11. The van der Waals surface area contributed by atoms with Crippen LogP contribution in [-0.2, 0) is 14.3 Å². The predicted octanol–water partition coefficient (Wildman–Crippen LogP) is 1.46. The summed E-state index contributed by atoms with van der Waals surface area (Å²) in [6, 6.07) is -0.299. The molecule has 0 saturated carbocycles. The quantitative estimate of drug-likeness (QED) is 0.727. The van der Waals surface area contributed by atoms with E-state index in [0.717, 1.165) is 0 Å². The Balaban J connectivity index is 3.92. The first-order valence-electron chi connectivity index (χ1n) is 4.81. The highest BCUT2D eigenvalue weighted by Crippen LogP contribution is 2.07. The summed E-state index contributed by atoms with van der Waals surface area (Å²) >= 11 is 0. The van der Waals surface area contributed by atoms with Crippen molar-refractivity contribution < 1.29 is 19.1 Å². The van der Waals surface area contributed by atoms with Crippen LogP contribution in [0.1, 0.15) is 34.1 Å². The highest BCUT2D eigenvalue weighted by Gasteiger charge is 2.18. The molecule has 0 spiro atoms. The van der Waals surface area contributed by atoms with Gasteiger partial charge in [-0.2, -0.15) is 0 Å². The summed E-state index contributed by atoms with van der Waals surface area (Å²) in [4.78, 5) is 22.1. The number of hydrogen-bond donors (Lipinski definition) is 1. The second kappa shape index (κ2) is 5.58. The number of hydrogen-bond acceptors (Lipinski definition) is 4. The maximum absolute atomic E-state index is 11.3. The van der Waals surface area contributed by atoms with Crippen LogP contribution in [0.2, 0.25) is 0 Å². The van der Waals surface area contributed by atoms with E-state index in [4.69, 9.17) is 4.74 Å². The zero-order chi connectivity index (χ0) is 12.1. The SMILES string of the molecule is COC(=O)CC(C)NC(=O)OC(C)(C)C. The molecule has 0 fully saturated rings. The molecule has 0 aliphatic rings. The first-order chi connectivity index (χ1) is 6.74. The molecular formula is C10H19NO4. The van der Waals surface area contributed by atoms with Gasteiger partial charge in [-0.3, -0.25) is 4.79 Å². The number of carbonyl (C=O) groups excluding carboxylic acids is 2. The Hall–Kier alpha value is -1.26. The number of esters is 1. The van der Waals surface area contributed by atoms with E-state index in [9.17, 15) is 9.59 Å². The van der Waals surface area contributed by atoms with E-state index in [1.807, 2.05) is 0 Å². The zero-order valence-corrected chi connectivity index (χ0v) is 9.92. The first kappa shape index (κ1) is 13.7. The topological polar surface area (TPSA) is 64.6 Å². The Bertz CT molecular complexity index is 232. The molecule has 88 valence electrons. The van der Waals surface area contributed by atoms with Crippen molar-refractivity contribution in [3.8, 4) is 0 Å². The molecule has 5 heteroatoms. The summed E-state index contributed by atoms with van der Waals surface area (Å²) in [5.74, 6) is -0.362. The zero-order valence-electron chi connectivity index (χ0n) is 9.92. The average Bonchev–Trinajstić information content (AvgIpc) is 1.99. The van der Waals surface area contributed by atoms with Gasteiger partial charge in [-0.15, -0.1) is 0 Å². The fraction of sp³-hybridized carbons (Fsp3) is 0.800. The molecule has 5 nitrogen and oxygen atoms in total. The summed E-state index contributed by atoms with van der Waals surface area (Å²) in [5.41, 5.74) is -0.533. The Labute approximate surface area is 90.1 Å². The minimum Gasteiger partial charge on any atom is -0.469 e. The predicted molar refractivity (Wildman–Crippen MR) is 55.5 cm³/mol. The van der Waals surface area contributed by atoms with Crippen molar-refractivity contribution in [2.75, 3.05) is 7.11 Å². The van der Waals surface area contributed by atoms with Gasteiger partial charge in [-0.1, -0.05) is 0 Å². The summed E-state index contributed by atoms with van der Waals surface area (Å²) in [6.07, 6.45) is -0.394. The number of rotatable bonds is 3. The molecular weight excluding hydrogens is 198 g/mol. The van der Waals surface area contributed by atoms with Crippen molar-refractivity contribution in [3.05, 3.63) is 0 Å². The molecule has 0 aliphatic carbocycles. The lowest BCUT2D eigenvalue weighted by molar-refractivity contribution is -0.141. The van der Waals surface area contributed by atoms with Crippen LogP contribution in [0, 0.1) is 0 Å². The highest BCUT2D eigenvalue weighted by molar-refractivity contribution is 5.72. The molecule has 0 heterocycles. The van der Waals surface area contributed by atoms with Gasteiger partial charge in [0.15, 0.2) is 0 Å². The lowest BCUT2D eigenvalue weighted by Gasteiger charge is -2.21. The molecule has 15 heavy (non-hydrogen) atoms. The van der Waals surface area contributed by atoms with Crippen LogP contribution in [0.4, 0.5) is 4.79 Å². The lowest BCUT2D eigenvalue weighted by atomic mass is 10.2. The summed E-state index contributed by atoms with van der Waals surface area (Å²) in [6.45, 7) is 7.04. The first-order valence-corrected chi connectivity index (χ1v) is 4.81. The van der Waals surface area contributed by atoms with Crippen molar-refractivity contribution in [1.29, 1.82) is 0 Å². The van der Waals surface area contributed by atoms with E-state index in [-0.39, 0.29) is 18.4 Å². The normalized spacial score (nSPS) is 12.9. The smallest absolute Gasteiger partial charge is 0.407 e. The van der Waals surface area contributed by atoms with Crippen LogP contribution in [0.25, 0.3) is 0 Å². The average molecular weight is 217 g/mol. The van der Waals surface area contributed by atoms with Gasteiger partial charge >= 0.3 is 12.1 Å². The summed E-state index contributed by atoms with van der Waals surface area (Å²) in [7, 11) is 1.31. The van der Waals surface area contributed by atoms with Gasteiger partial charge in [0.05, 0.1) is 13.5 Å².